The van der Waals surface area contributed by atoms with Gasteiger partial charge in [0, 0.05) is 29.0 Å². The van der Waals surface area contributed by atoms with E-state index in [1.807, 2.05) is 0 Å². The fourth-order valence-electron chi connectivity index (χ4n) is 6.21. The summed E-state index contributed by atoms with van der Waals surface area (Å²) in [6.45, 7) is -4.78. The summed E-state index contributed by atoms with van der Waals surface area (Å²) in [4.78, 5) is 0. The normalized spacial score (nSPS) is 15.6. The summed E-state index contributed by atoms with van der Waals surface area (Å²) in [5.74, 6) is 0.510. The summed E-state index contributed by atoms with van der Waals surface area (Å²) in [5.41, 5.74) is -3.53. The molecule has 3 aromatic heterocycles. The van der Waals surface area contributed by atoms with Crippen LogP contribution in [0.15, 0.2) is 112 Å². The summed E-state index contributed by atoms with van der Waals surface area (Å²) in [7, 11) is 0. The first-order valence-electron chi connectivity index (χ1n) is 13.9. The summed E-state index contributed by atoms with van der Waals surface area (Å²) < 4.78 is 130. The second-order valence-electron chi connectivity index (χ2n) is 11.0. The Bertz CT molecular complexity index is 2330. The lowest BCUT2D eigenvalue weighted by atomic mass is 9.85. The zero-order valence-electron chi connectivity index (χ0n) is 23.1. The number of alkyl halides is 6. The molecule has 0 bridgehead atoms. The minimum absolute atomic E-state index is 0.000532. The van der Waals surface area contributed by atoms with Gasteiger partial charge in [-0.25, -0.2) is 0 Å². The molecule has 8 rings (SSSR count). The van der Waals surface area contributed by atoms with Crippen LogP contribution in [0.2, 0.25) is 0 Å². The van der Waals surface area contributed by atoms with E-state index in [0.717, 1.165) is 0 Å². The average Bonchev–Trinajstić information content (AvgIpc) is 3.76. The second kappa shape index (κ2) is 9.35. The molecule has 2 aliphatic heterocycles. The molecule has 13 heteroatoms. The van der Waals surface area contributed by atoms with Gasteiger partial charge in [0.15, 0.2) is 11.1 Å². The van der Waals surface area contributed by atoms with E-state index < -0.39 is 36.0 Å². The molecule has 4 nitrogen and oxygen atoms in total. The fourth-order valence-corrected chi connectivity index (χ4v) is 6.21. The highest BCUT2D eigenvalue weighted by molar-refractivity contribution is 6.65. The van der Waals surface area contributed by atoms with Crippen LogP contribution in [-0.2, 0) is 12.4 Å². The van der Waals surface area contributed by atoms with Gasteiger partial charge in [0.05, 0.1) is 34.4 Å². The van der Waals surface area contributed by atoms with E-state index in [4.69, 9.17) is 8.83 Å². The van der Waals surface area contributed by atoms with E-state index in [1.54, 1.807) is 60.7 Å². The maximum absolute atomic E-state index is 16.9. The molecule has 0 saturated heterocycles. The van der Waals surface area contributed by atoms with E-state index in [0.29, 0.717) is 32.2 Å². The van der Waals surface area contributed by atoms with E-state index in [9.17, 15) is 26.3 Å². The van der Waals surface area contributed by atoms with Gasteiger partial charge in [-0.1, -0.05) is 60.7 Å². The Balaban J connectivity index is 1.46. The Morgan fingerprint density at radius 3 is 1.76 bits per heavy atom. The highest BCUT2D eigenvalue weighted by atomic mass is 19.4. The van der Waals surface area contributed by atoms with Crippen LogP contribution < -0.4 is 15.3 Å². The van der Waals surface area contributed by atoms with Crippen LogP contribution in [0.5, 0.6) is 0 Å². The van der Waals surface area contributed by atoms with Crippen molar-refractivity contribution in [3.05, 3.63) is 136 Å². The number of halogens is 8. The summed E-state index contributed by atoms with van der Waals surface area (Å²) in [5, 5.41) is -0.0846. The minimum atomic E-state index is -5.15. The number of furan rings is 2. The van der Waals surface area contributed by atoms with Crippen LogP contribution in [-0.4, -0.2) is 11.4 Å². The molecular formula is C33H17BF8N2O2. The molecule has 0 aliphatic carbocycles. The molecule has 3 aromatic carbocycles. The van der Waals surface area contributed by atoms with Gasteiger partial charge in [-0.15, -0.1) is 0 Å². The molecule has 0 saturated carbocycles. The van der Waals surface area contributed by atoms with Crippen molar-refractivity contribution in [2.24, 2.45) is 0 Å². The smallest absolute Gasteiger partial charge is 0.455 e. The molecule has 0 amide bonds. The first kappa shape index (κ1) is 28.2. The van der Waals surface area contributed by atoms with Gasteiger partial charge in [-0.2, -0.15) is 26.3 Å². The number of fused-ring (bicyclic) bond motifs is 5. The number of nitrogens with zero attached hydrogens (tertiary/aromatic N) is 2. The lowest BCUT2D eigenvalue weighted by molar-refractivity contribution is -0.143. The predicted octanol–water partition coefficient (Wildman–Crippen LogP) is 8.18. The van der Waals surface area contributed by atoms with Gasteiger partial charge >= 0.3 is 19.3 Å². The molecule has 6 aromatic rings. The quantitative estimate of drug-likeness (QED) is 0.145. The Hall–Kier alpha value is -5.33. The van der Waals surface area contributed by atoms with Crippen molar-refractivity contribution < 1.29 is 43.8 Å². The molecule has 0 spiro atoms. The third kappa shape index (κ3) is 4.17. The molecular weight excluding hydrogens is 619 g/mol. The highest BCUT2D eigenvalue weighted by Gasteiger charge is 2.55. The molecule has 0 unspecified atom stereocenters. The molecule has 0 fully saturated rings. The van der Waals surface area contributed by atoms with Crippen molar-refractivity contribution in [3.8, 4) is 22.6 Å². The summed E-state index contributed by atoms with van der Waals surface area (Å²) >= 11 is 0. The summed E-state index contributed by atoms with van der Waals surface area (Å²) in [6, 6.07) is 22.3. The van der Waals surface area contributed by atoms with Gasteiger partial charge in [-0.3, -0.25) is 0 Å². The standard InChI is InChI=1S/C33H17BF8N2O2/c35-32(36,37)21-11-20(12-22(13-21)33(38,39)40)31-25-16-29-23(14-27(45-29)18-7-3-1-4-8-18)43(25)34(41,42)44-24-15-28(19-9-5-2-6-10-19)46-30(24)17-26(31)44/h1-17H. The van der Waals surface area contributed by atoms with Crippen molar-refractivity contribution >= 4 is 29.7 Å². The van der Waals surface area contributed by atoms with E-state index >= 15 is 8.63 Å². The molecule has 0 N–H and O–H groups in total. The Morgan fingerprint density at radius 1 is 0.630 bits per heavy atom. The Labute approximate surface area is 253 Å². The van der Waals surface area contributed by atoms with E-state index in [2.05, 4.69) is 0 Å². The SMILES string of the molecule is F[B-]1(F)n2c(cc3oc(-c4ccccc4)cc32)C(c2cc(C(F)(F)F)cc(C(F)(F)F)c2)=C2C=c3oc(-c4ccccc4)cc3=[N+]21. The number of hydrogen-bond acceptors (Lipinski definition) is 2. The molecule has 46 heavy (non-hydrogen) atoms. The van der Waals surface area contributed by atoms with Crippen LogP contribution in [0.3, 0.4) is 0 Å². The monoisotopic (exact) mass is 636 g/mol. The van der Waals surface area contributed by atoms with Crippen molar-refractivity contribution in [1.82, 2.24) is 8.96 Å². The number of benzene rings is 3. The highest BCUT2D eigenvalue weighted by Crippen LogP contribution is 2.45. The first-order chi connectivity index (χ1) is 21.8. The van der Waals surface area contributed by atoms with Gasteiger partial charge in [0.25, 0.3) is 0 Å². The van der Waals surface area contributed by atoms with Gasteiger partial charge in [0.1, 0.15) is 17.1 Å². The van der Waals surface area contributed by atoms with E-state index in [1.165, 1.54) is 24.3 Å². The van der Waals surface area contributed by atoms with Crippen LogP contribution in [0, 0.1) is 0 Å². The second-order valence-corrected chi connectivity index (χ2v) is 11.0. The maximum atomic E-state index is 16.9. The lowest BCUT2D eigenvalue weighted by Gasteiger charge is -2.31. The molecule has 0 atom stereocenters. The summed E-state index contributed by atoms with van der Waals surface area (Å²) in [6.07, 6.45) is -9.09. The maximum Gasteiger partial charge on any atom is 0.738 e. The number of allylic oxidation sites excluding steroid dienone is 1. The Morgan fingerprint density at radius 2 is 1.20 bits per heavy atom. The minimum Gasteiger partial charge on any atom is -0.455 e. The van der Waals surface area contributed by atoms with Crippen molar-refractivity contribution in [3.63, 3.8) is 0 Å². The predicted molar refractivity (Wildman–Crippen MR) is 155 cm³/mol. The number of hydrogen-bond donors (Lipinski definition) is 0. The van der Waals surface area contributed by atoms with Crippen molar-refractivity contribution in [1.29, 1.82) is 0 Å². The van der Waals surface area contributed by atoms with Crippen LogP contribution in [0.25, 0.3) is 45.4 Å². The molecule has 230 valence electrons. The zero-order chi connectivity index (χ0) is 32.2. The number of rotatable bonds is 3. The largest absolute Gasteiger partial charge is 0.738 e. The topological polar surface area (TPSA) is 34.2 Å². The molecule has 0 radical (unpaired) electrons. The van der Waals surface area contributed by atoms with Crippen molar-refractivity contribution in [2.45, 2.75) is 12.4 Å². The van der Waals surface area contributed by atoms with Crippen LogP contribution in [0.4, 0.5) is 35.0 Å². The zero-order valence-corrected chi connectivity index (χ0v) is 23.1. The average molecular weight is 636 g/mol. The van der Waals surface area contributed by atoms with Gasteiger partial charge in [0.2, 0.25) is 5.36 Å². The van der Waals surface area contributed by atoms with Gasteiger partial charge < -0.3 is 26.4 Å². The Kier molecular flexibility index (Phi) is 5.72. The lowest BCUT2D eigenvalue weighted by Crippen LogP contribution is -2.56. The van der Waals surface area contributed by atoms with E-state index in [-0.39, 0.29) is 56.4 Å². The fraction of sp³-hybridized carbons (Fsp3) is 0.0606. The first-order valence-corrected chi connectivity index (χ1v) is 13.9. The third-order valence-corrected chi connectivity index (χ3v) is 8.18. The van der Waals surface area contributed by atoms with Crippen LogP contribution >= 0.6 is 0 Å². The number of aromatic nitrogens is 1. The van der Waals surface area contributed by atoms with Crippen molar-refractivity contribution in [2.75, 3.05) is 0 Å². The van der Waals surface area contributed by atoms with Crippen LogP contribution in [0.1, 0.15) is 22.4 Å². The molecule has 5 heterocycles. The molecule has 2 aliphatic rings. The van der Waals surface area contributed by atoms with Gasteiger partial charge in [-0.05, 0) is 23.8 Å². The third-order valence-electron chi connectivity index (χ3n) is 8.18.